The molecule has 1 amide bonds. The lowest BCUT2D eigenvalue weighted by atomic mass is 10.3. The second-order valence-electron chi connectivity index (χ2n) is 4.50. The van der Waals surface area contributed by atoms with E-state index in [1.807, 2.05) is 0 Å². The van der Waals surface area contributed by atoms with Crippen molar-refractivity contribution in [1.29, 1.82) is 0 Å². The number of pyridine rings is 1. The third-order valence-corrected chi connectivity index (χ3v) is 2.63. The normalized spacial score (nSPS) is 11.0. The summed E-state index contributed by atoms with van der Waals surface area (Å²) in [6.45, 7) is 1.34. The summed E-state index contributed by atoms with van der Waals surface area (Å²) in [6.07, 6.45) is -4.64. The Balaban J connectivity index is 2.11. The van der Waals surface area contributed by atoms with Gasteiger partial charge in [0.25, 0.3) is 0 Å². The van der Waals surface area contributed by atoms with Gasteiger partial charge in [0.05, 0.1) is 0 Å². The Bertz CT molecular complexity index is 727. The Morgan fingerprint density at radius 1 is 1.09 bits per heavy atom. The van der Waals surface area contributed by atoms with E-state index in [1.165, 1.54) is 31.2 Å². The monoisotopic (exact) mass is 324 g/mol. The highest BCUT2D eigenvalue weighted by atomic mass is 19.4. The van der Waals surface area contributed by atoms with Crippen LogP contribution in [0.15, 0.2) is 42.5 Å². The van der Waals surface area contributed by atoms with Gasteiger partial charge in [0, 0.05) is 12.6 Å². The number of halogens is 3. The van der Waals surface area contributed by atoms with Crippen molar-refractivity contribution >= 4 is 17.6 Å². The SMILES string of the molecule is CC(=O)Nc1ccc(OC(=O)c2cccc(C(F)(F)F)n2)cc1. The van der Waals surface area contributed by atoms with Gasteiger partial charge in [0.1, 0.15) is 17.1 Å². The molecule has 5 nitrogen and oxygen atoms in total. The Labute approximate surface area is 129 Å². The van der Waals surface area contributed by atoms with E-state index in [-0.39, 0.29) is 11.7 Å². The fourth-order valence-corrected chi connectivity index (χ4v) is 1.68. The molecule has 1 aromatic carbocycles. The van der Waals surface area contributed by atoms with E-state index in [9.17, 15) is 22.8 Å². The lowest BCUT2D eigenvalue weighted by Crippen LogP contribution is -2.15. The van der Waals surface area contributed by atoms with E-state index >= 15 is 0 Å². The number of carbonyl (C=O) groups excluding carboxylic acids is 2. The van der Waals surface area contributed by atoms with E-state index in [2.05, 4.69) is 10.3 Å². The number of nitrogens with one attached hydrogen (secondary N) is 1. The largest absolute Gasteiger partial charge is 0.433 e. The zero-order valence-electron chi connectivity index (χ0n) is 11.8. The number of amides is 1. The van der Waals surface area contributed by atoms with Gasteiger partial charge in [-0.3, -0.25) is 4.79 Å². The summed E-state index contributed by atoms with van der Waals surface area (Å²) in [5.74, 6) is -1.16. The molecule has 2 rings (SSSR count). The number of hydrogen-bond donors (Lipinski definition) is 1. The summed E-state index contributed by atoms with van der Waals surface area (Å²) in [6, 6.07) is 8.75. The molecule has 0 saturated heterocycles. The van der Waals surface area contributed by atoms with Gasteiger partial charge < -0.3 is 10.1 Å². The molecule has 2 aromatic rings. The van der Waals surface area contributed by atoms with Crippen molar-refractivity contribution < 1.29 is 27.5 Å². The molecule has 0 aliphatic heterocycles. The highest BCUT2D eigenvalue weighted by Crippen LogP contribution is 2.27. The van der Waals surface area contributed by atoms with Gasteiger partial charge in [0.15, 0.2) is 0 Å². The first-order valence-corrected chi connectivity index (χ1v) is 6.40. The minimum absolute atomic E-state index is 0.114. The molecule has 1 aromatic heterocycles. The van der Waals surface area contributed by atoms with Gasteiger partial charge in [-0.25, -0.2) is 9.78 Å². The molecule has 0 atom stereocenters. The molecule has 0 spiro atoms. The van der Waals surface area contributed by atoms with Crippen LogP contribution in [-0.4, -0.2) is 16.9 Å². The van der Waals surface area contributed by atoms with Crippen LogP contribution in [0.25, 0.3) is 0 Å². The Morgan fingerprint density at radius 3 is 2.30 bits per heavy atom. The predicted octanol–water partition coefficient (Wildman–Crippen LogP) is 3.28. The summed E-state index contributed by atoms with van der Waals surface area (Å²) in [7, 11) is 0. The molecular formula is C15H11F3N2O3. The molecule has 0 unspecified atom stereocenters. The van der Waals surface area contributed by atoms with E-state index < -0.39 is 23.5 Å². The second-order valence-corrected chi connectivity index (χ2v) is 4.50. The molecule has 0 aliphatic rings. The fraction of sp³-hybridized carbons (Fsp3) is 0.133. The number of anilines is 1. The molecule has 8 heteroatoms. The van der Waals surface area contributed by atoms with Crippen molar-refractivity contribution in [3.05, 3.63) is 53.9 Å². The topological polar surface area (TPSA) is 68.3 Å². The maximum Gasteiger partial charge on any atom is 0.433 e. The average Bonchev–Trinajstić information content (AvgIpc) is 2.48. The van der Waals surface area contributed by atoms with Crippen LogP contribution in [0.4, 0.5) is 18.9 Å². The first kappa shape index (κ1) is 16.5. The van der Waals surface area contributed by atoms with Crippen molar-refractivity contribution in [3.63, 3.8) is 0 Å². The van der Waals surface area contributed by atoms with Crippen LogP contribution in [0.5, 0.6) is 5.75 Å². The number of alkyl halides is 3. The molecule has 0 aliphatic carbocycles. The molecule has 0 fully saturated rings. The Hall–Kier alpha value is -2.90. The van der Waals surface area contributed by atoms with Crippen LogP contribution >= 0.6 is 0 Å². The van der Waals surface area contributed by atoms with Crippen molar-refractivity contribution in [1.82, 2.24) is 4.98 Å². The summed E-state index contributed by atoms with van der Waals surface area (Å²) in [5, 5.41) is 2.52. The minimum Gasteiger partial charge on any atom is -0.422 e. The van der Waals surface area contributed by atoms with Crippen LogP contribution in [0.3, 0.4) is 0 Å². The Morgan fingerprint density at radius 2 is 1.74 bits per heavy atom. The van der Waals surface area contributed by atoms with Crippen LogP contribution in [0, 0.1) is 0 Å². The van der Waals surface area contributed by atoms with Gasteiger partial charge >= 0.3 is 12.1 Å². The summed E-state index contributed by atoms with van der Waals surface area (Å²) < 4.78 is 42.6. The smallest absolute Gasteiger partial charge is 0.422 e. The van der Waals surface area contributed by atoms with Gasteiger partial charge in [-0.1, -0.05) is 6.07 Å². The number of aromatic nitrogens is 1. The molecule has 1 N–H and O–H groups in total. The molecule has 1 heterocycles. The van der Waals surface area contributed by atoms with E-state index in [1.54, 1.807) is 0 Å². The van der Waals surface area contributed by atoms with Crippen molar-refractivity contribution in [2.45, 2.75) is 13.1 Å². The number of esters is 1. The third kappa shape index (κ3) is 4.53. The lowest BCUT2D eigenvalue weighted by Gasteiger charge is -2.08. The maximum atomic E-state index is 12.6. The standard InChI is InChI=1S/C15H11F3N2O3/c1-9(21)19-10-5-7-11(8-6-10)23-14(22)12-3-2-4-13(20-12)15(16,17)18/h2-8H,1H3,(H,19,21). The van der Waals surface area contributed by atoms with Gasteiger partial charge in [-0.05, 0) is 36.4 Å². The highest BCUT2D eigenvalue weighted by molar-refractivity contribution is 5.90. The average molecular weight is 324 g/mol. The quantitative estimate of drug-likeness (QED) is 0.695. The highest BCUT2D eigenvalue weighted by Gasteiger charge is 2.33. The number of hydrogen-bond acceptors (Lipinski definition) is 4. The van der Waals surface area contributed by atoms with Gasteiger partial charge in [-0.2, -0.15) is 13.2 Å². The van der Waals surface area contributed by atoms with Crippen molar-refractivity contribution in [2.24, 2.45) is 0 Å². The predicted molar refractivity (Wildman–Crippen MR) is 74.9 cm³/mol. The fourth-order valence-electron chi connectivity index (χ4n) is 1.68. The number of benzene rings is 1. The number of nitrogens with zero attached hydrogens (tertiary/aromatic N) is 1. The van der Waals surface area contributed by atoms with Crippen LogP contribution < -0.4 is 10.1 Å². The van der Waals surface area contributed by atoms with Crippen LogP contribution in [0.1, 0.15) is 23.1 Å². The summed E-state index contributed by atoms with van der Waals surface area (Å²) in [4.78, 5) is 26.0. The zero-order chi connectivity index (χ0) is 17.0. The number of rotatable bonds is 3. The second kappa shape index (κ2) is 6.47. The number of carbonyl (C=O) groups is 2. The van der Waals surface area contributed by atoms with Crippen LogP contribution in [-0.2, 0) is 11.0 Å². The molecule has 0 radical (unpaired) electrons. The molecule has 120 valence electrons. The lowest BCUT2D eigenvalue weighted by molar-refractivity contribution is -0.141. The molecule has 23 heavy (non-hydrogen) atoms. The first-order valence-electron chi connectivity index (χ1n) is 6.40. The molecule has 0 bridgehead atoms. The maximum absolute atomic E-state index is 12.6. The Kier molecular flexibility index (Phi) is 4.63. The van der Waals surface area contributed by atoms with Gasteiger partial charge in [0.2, 0.25) is 5.91 Å². The molecule has 0 saturated carbocycles. The van der Waals surface area contributed by atoms with Crippen molar-refractivity contribution in [3.8, 4) is 5.75 Å². The first-order chi connectivity index (χ1) is 10.8. The van der Waals surface area contributed by atoms with Crippen molar-refractivity contribution in [2.75, 3.05) is 5.32 Å². The minimum atomic E-state index is -4.64. The van der Waals surface area contributed by atoms with Gasteiger partial charge in [-0.15, -0.1) is 0 Å². The number of ether oxygens (including phenoxy) is 1. The summed E-state index contributed by atoms with van der Waals surface area (Å²) >= 11 is 0. The van der Waals surface area contributed by atoms with Crippen LogP contribution in [0.2, 0.25) is 0 Å². The van der Waals surface area contributed by atoms with E-state index in [0.29, 0.717) is 5.69 Å². The third-order valence-electron chi connectivity index (χ3n) is 2.63. The van der Waals surface area contributed by atoms with E-state index in [0.717, 1.165) is 18.2 Å². The molecular weight excluding hydrogens is 313 g/mol. The zero-order valence-corrected chi connectivity index (χ0v) is 11.8. The van der Waals surface area contributed by atoms with E-state index in [4.69, 9.17) is 4.74 Å². The summed E-state index contributed by atoms with van der Waals surface area (Å²) in [5.41, 5.74) is -1.13.